The minimum Gasteiger partial charge on any atom is -0.452 e. The average Bonchev–Trinajstić information content (AvgIpc) is 3.18. The molecule has 112 valence electrons. The highest BCUT2D eigenvalue weighted by atomic mass is 32.1. The second kappa shape index (κ2) is 6.07. The third kappa shape index (κ3) is 2.89. The molecule has 22 heavy (non-hydrogen) atoms. The molecule has 7 heteroatoms. The van der Waals surface area contributed by atoms with Gasteiger partial charge in [0.05, 0.1) is 11.1 Å². The number of nitrogens with zero attached hydrogens (tertiary/aromatic N) is 3. The van der Waals surface area contributed by atoms with Gasteiger partial charge in [-0.25, -0.2) is 9.78 Å². The maximum atomic E-state index is 12.4. The summed E-state index contributed by atoms with van der Waals surface area (Å²) in [6.07, 6.45) is 1.27. The van der Waals surface area contributed by atoms with Gasteiger partial charge in [-0.15, -0.1) is 21.5 Å². The van der Waals surface area contributed by atoms with Gasteiger partial charge in [0.25, 0.3) is 0 Å². The highest BCUT2D eigenvalue weighted by Gasteiger charge is 2.21. The zero-order valence-corrected chi connectivity index (χ0v) is 12.8. The Labute approximate surface area is 130 Å². The Morgan fingerprint density at radius 2 is 2.14 bits per heavy atom. The Kier molecular flexibility index (Phi) is 3.97. The molecule has 0 aliphatic heterocycles. The molecule has 0 fully saturated rings. The van der Waals surface area contributed by atoms with Crippen molar-refractivity contribution in [2.75, 3.05) is 0 Å². The second-order valence-electron chi connectivity index (χ2n) is 4.59. The fraction of sp³-hybridized carbons (Fsp3) is 0.200. The predicted molar refractivity (Wildman–Crippen MR) is 80.4 cm³/mol. The van der Waals surface area contributed by atoms with E-state index in [4.69, 9.17) is 9.15 Å². The van der Waals surface area contributed by atoms with Crippen LogP contribution in [0, 0.1) is 6.92 Å². The number of carbonyl (C=O) groups excluding carboxylic acids is 1. The molecule has 3 rings (SSSR count). The number of esters is 1. The zero-order chi connectivity index (χ0) is 15.5. The minimum atomic E-state index is -0.450. The first-order valence-corrected chi connectivity index (χ1v) is 7.53. The maximum Gasteiger partial charge on any atom is 0.339 e. The van der Waals surface area contributed by atoms with Crippen molar-refractivity contribution in [1.29, 1.82) is 0 Å². The SMILES string of the molecule is Cc1nnc(-c2ccccc2C(=O)OC(C)c2nccs2)o1. The number of carbonyl (C=O) groups is 1. The lowest BCUT2D eigenvalue weighted by molar-refractivity contribution is 0.0338. The molecule has 0 aliphatic rings. The summed E-state index contributed by atoms with van der Waals surface area (Å²) in [5, 5.41) is 10.3. The van der Waals surface area contributed by atoms with Crippen LogP contribution < -0.4 is 0 Å². The third-order valence-corrected chi connectivity index (χ3v) is 3.92. The molecule has 1 aromatic carbocycles. The summed E-state index contributed by atoms with van der Waals surface area (Å²) in [6, 6.07) is 6.98. The predicted octanol–water partition coefficient (Wildman–Crippen LogP) is 3.42. The summed E-state index contributed by atoms with van der Waals surface area (Å²) in [6.45, 7) is 3.48. The Balaban J connectivity index is 1.87. The van der Waals surface area contributed by atoms with Gasteiger partial charge in [-0.05, 0) is 19.1 Å². The first kappa shape index (κ1) is 14.4. The quantitative estimate of drug-likeness (QED) is 0.686. The van der Waals surface area contributed by atoms with E-state index < -0.39 is 12.1 Å². The highest BCUT2D eigenvalue weighted by Crippen LogP contribution is 2.26. The van der Waals surface area contributed by atoms with Crippen LogP contribution in [0.15, 0.2) is 40.3 Å². The molecule has 0 aliphatic carbocycles. The number of rotatable bonds is 4. The molecule has 6 nitrogen and oxygen atoms in total. The number of aromatic nitrogens is 3. The smallest absolute Gasteiger partial charge is 0.339 e. The number of thiazole rings is 1. The molecule has 2 aromatic heterocycles. The first-order chi connectivity index (χ1) is 10.6. The lowest BCUT2D eigenvalue weighted by Crippen LogP contribution is -2.10. The van der Waals surface area contributed by atoms with Gasteiger partial charge in [-0.3, -0.25) is 0 Å². The van der Waals surface area contributed by atoms with Crippen molar-refractivity contribution in [3.05, 3.63) is 52.3 Å². The lowest BCUT2D eigenvalue weighted by atomic mass is 10.1. The van der Waals surface area contributed by atoms with E-state index in [1.807, 2.05) is 5.38 Å². The van der Waals surface area contributed by atoms with E-state index in [0.29, 0.717) is 22.9 Å². The number of ether oxygens (including phenoxy) is 1. The average molecular weight is 315 g/mol. The summed E-state index contributed by atoms with van der Waals surface area (Å²) in [4.78, 5) is 16.6. The van der Waals surface area contributed by atoms with Crippen molar-refractivity contribution in [2.45, 2.75) is 20.0 Å². The summed E-state index contributed by atoms with van der Waals surface area (Å²) < 4.78 is 10.9. The zero-order valence-electron chi connectivity index (χ0n) is 12.0. The largest absolute Gasteiger partial charge is 0.452 e. The van der Waals surface area contributed by atoms with Crippen LogP contribution in [-0.2, 0) is 4.74 Å². The van der Waals surface area contributed by atoms with Gasteiger partial charge >= 0.3 is 5.97 Å². The van der Waals surface area contributed by atoms with Crippen LogP contribution >= 0.6 is 11.3 Å². The maximum absolute atomic E-state index is 12.4. The van der Waals surface area contributed by atoms with Crippen molar-refractivity contribution in [3.63, 3.8) is 0 Å². The van der Waals surface area contributed by atoms with Crippen molar-refractivity contribution in [1.82, 2.24) is 15.2 Å². The van der Waals surface area contributed by atoms with E-state index in [-0.39, 0.29) is 0 Å². The molecular formula is C15H13N3O3S. The number of hydrogen-bond acceptors (Lipinski definition) is 7. The Bertz CT molecular complexity index is 783. The molecule has 3 aromatic rings. The van der Waals surface area contributed by atoms with E-state index >= 15 is 0 Å². The Morgan fingerprint density at radius 3 is 2.82 bits per heavy atom. The van der Waals surface area contributed by atoms with Crippen molar-refractivity contribution in [2.24, 2.45) is 0 Å². The van der Waals surface area contributed by atoms with Crippen LogP contribution in [-0.4, -0.2) is 21.2 Å². The molecule has 0 N–H and O–H groups in total. The van der Waals surface area contributed by atoms with Gasteiger partial charge in [0.15, 0.2) is 6.10 Å². The summed E-state index contributed by atoms with van der Waals surface area (Å²) in [5.74, 6) is 0.287. The molecule has 0 saturated heterocycles. The molecule has 0 amide bonds. The van der Waals surface area contributed by atoms with E-state index in [1.165, 1.54) is 11.3 Å². The van der Waals surface area contributed by atoms with E-state index in [0.717, 1.165) is 5.01 Å². The fourth-order valence-corrected chi connectivity index (χ4v) is 2.59. The molecule has 0 radical (unpaired) electrons. The van der Waals surface area contributed by atoms with Crippen molar-refractivity contribution >= 4 is 17.3 Å². The van der Waals surface area contributed by atoms with Crippen LogP contribution in [0.25, 0.3) is 11.5 Å². The van der Waals surface area contributed by atoms with Gasteiger partial charge in [-0.1, -0.05) is 12.1 Å². The molecule has 1 unspecified atom stereocenters. The first-order valence-electron chi connectivity index (χ1n) is 6.65. The van der Waals surface area contributed by atoms with Crippen LogP contribution in [0.2, 0.25) is 0 Å². The monoisotopic (exact) mass is 315 g/mol. The third-order valence-electron chi connectivity index (χ3n) is 2.99. The normalized spacial score (nSPS) is 12.1. The van der Waals surface area contributed by atoms with Crippen LogP contribution in [0.5, 0.6) is 0 Å². The Morgan fingerprint density at radius 1 is 1.32 bits per heavy atom. The van der Waals surface area contributed by atoms with Gasteiger partial charge in [0.1, 0.15) is 5.01 Å². The molecule has 2 heterocycles. The molecule has 0 spiro atoms. The number of aryl methyl sites for hydroxylation is 1. The molecule has 0 bridgehead atoms. The van der Waals surface area contributed by atoms with E-state index in [2.05, 4.69) is 15.2 Å². The molecule has 0 saturated carbocycles. The number of hydrogen-bond donors (Lipinski definition) is 0. The molecular weight excluding hydrogens is 302 g/mol. The summed E-state index contributed by atoms with van der Waals surface area (Å²) in [7, 11) is 0. The summed E-state index contributed by atoms with van der Waals surface area (Å²) in [5.41, 5.74) is 0.939. The highest BCUT2D eigenvalue weighted by molar-refractivity contribution is 7.09. The second-order valence-corrected chi connectivity index (χ2v) is 5.52. The van der Waals surface area contributed by atoms with Crippen molar-refractivity contribution < 1.29 is 13.9 Å². The van der Waals surface area contributed by atoms with Gasteiger partial charge in [-0.2, -0.15) is 0 Å². The van der Waals surface area contributed by atoms with Crippen LogP contribution in [0.4, 0.5) is 0 Å². The lowest BCUT2D eigenvalue weighted by Gasteiger charge is -2.12. The fourth-order valence-electron chi connectivity index (χ4n) is 1.96. The van der Waals surface area contributed by atoms with E-state index in [9.17, 15) is 4.79 Å². The van der Waals surface area contributed by atoms with Gasteiger partial charge < -0.3 is 9.15 Å². The minimum absolute atomic E-state index is 0.298. The van der Waals surface area contributed by atoms with Crippen LogP contribution in [0.1, 0.15) is 34.3 Å². The standard InChI is InChI=1S/C15H13N3O3S/c1-9(14-16-7-8-22-14)20-15(19)12-6-4-3-5-11(12)13-18-17-10(2)21-13/h3-9H,1-2H3. The number of benzene rings is 1. The summed E-state index contributed by atoms with van der Waals surface area (Å²) >= 11 is 1.44. The topological polar surface area (TPSA) is 78.1 Å². The van der Waals surface area contributed by atoms with Crippen LogP contribution in [0.3, 0.4) is 0 Å². The van der Waals surface area contributed by atoms with Gasteiger partial charge in [0, 0.05) is 18.5 Å². The van der Waals surface area contributed by atoms with Gasteiger partial charge in [0.2, 0.25) is 11.8 Å². The Hall–Kier alpha value is -2.54. The van der Waals surface area contributed by atoms with E-state index in [1.54, 1.807) is 44.3 Å². The molecule has 1 atom stereocenters. The van der Waals surface area contributed by atoms with Crippen molar-refractivity contribution in [3.8, 4) is 11.5 Å².